The summed E-state index contributed by atoms with van der Waals surface area (Å²) in [5.41, 5.74) is 7.68. The Morgan fingerprint density at radius 1 is 1.29 bits per heavy atom. The Kier molecular flexibility index (Phi) is 6.16. The summed E-state index contributed by atoms with van der Waals surface area (Å²) in [6.45, 7) is 2.83. The molecular formula is C19H29ClN2O2. The summed E-state index contributed by atoms with van der Waals surface area (Å²) in [5.74, 6) is 0.195. The minimum atomic E-state index is 0. The Bertz CT molecular complexity index is 555. The molecule has 5 heteroatoms. The smallest absolute Gasteiger partial charge is 0.227 e. The second-order valence-electron chi connectivity index (χ2n) is 7.06. The van der Waals surface area contributed by atoms with E-state index in [1.165, 1.54) is 25.7 Å². The molecule has 1 aromatic rings. The lowest BCUT2D eigenvalue weighted by Gasteiger charge is -2.57. The van der Waals surface area contributed by atoms with Crippen molar-refractivity contribution in [2.24, 2.45) is 5.41 Å². The summed E-state index contributed by atoms with van der Waals surface area (Å²) in [6, 6.07) is 7.93. The minimum Gasteiger partial charge on any atom is -0.399 e. The van der Waals surface area contributed by atoms with Gasteiger partial charge in [0.05, 0.1) is 12.5 Å². The summed E-state index contributed by atoms with van der Waals surface area (Å²) in [4.78, 5) is 14.7. The predicted octanol–water partition coefficient (Wildman–Crippen LogP) is 3.43. The third-order valence-electron chi connectivity index (χ3n) is 5.84. The highest BCUT2D eigenvalue weighted by Crippen LogP contribution is 2.56. The molecule has 3 rings (SSSR count). The standard InChI is InChI=1S/C19H28N2O2.ClH/c1-3-23-17-13-16(19(17)10-4-5-11-19)21(2)18(22)12-14-6-8-15(20)9-7-14;/h6-9,16-17H,3-5,10-13,20H2,1-2H3;1H. The van der Waals surface area contributed by atoms with E-state index in [-0.39, 0.29) is 23.7 Å². The highest BCUT2D eigenvalue weighted by Gasteiger charge is 2.58. The molecule has 2 fully saturated rings. The van der Waals surface area contributed by atoms with Crippen LogP contribution in [0.4, 0.5) is 5.69 Å². The first-order valence-corrected chi connectivity index (χ1v) is 8.78. The zero-order valence-electron chi connectivity index (χ0n) is 14.7. The van der Waals surface area contributed by atoms with Crippen LogP contribution in [0, 0.1) is 5.41 Å². The third-order valence-corrected chi connectivity index (χ3v) is 5.84. The quantitative estimate of drug-likeness (QED) is 0.826. The molecule has 0 bridgehead atoms. The summed E-state index contributed by atoms with van der Waals surface area (Å²) >= 11 is 0. The first-order valence-electron chi connectivity index (χ1n) is 8.78. The minimum absolute atomic E-state index is 0. The van der Waals surface area contributed by atoms with Crippen molar-refractivity contribution in [3.8, 4) is 0 Å². The highest BCUT2D eigenvalue weighted by atomic mass is 35.5. The fourth-order valence-electron chi connectivity index (χ4n) is 4.50. The van der Waals surface area contributed by atoms with E-state index in [4.69, 9.17) is 10.5 Å². The first-order chi connectivity index (χ1) is 11.1. The Morgan fingerprint density at radius 2 is 1.92 bits per heavy atom. The second kappa shape index (κ2) is 7.75. The number of halogens is 1. The average molecular weight is 353 g/mol. The summed E-state index contributed by atoms with van der Waals surface area (Å²) < 4.78 is 5.96. The van der Waals surface area contributed by atoms with Gasteiger partial charge in [-0.25, -0.2) is 0 Å². The van der Waals surface area contributed by atoms with Gasteiger partial charge in [0.25, 0.3) is 0 Å². The van der Waals surface area contributed by atoms with Gasteiger partial charge in [-0.15, -0.1) is 12.4 Å². The van der Waals surface area contributed by atoms with Crippen molar-refractivity contribution in [2.45, 2.75) is 57.6 Å². The normalized spacial score (nSPS) is 24.2. The van der Waals surface area contributed by atoms with Crippen LogP contribution in [0.1, 0.15) is 44.6 Å². The van der Waals surface area contributed by atoms with Crippen molar-refractivity contribution in [1.29, 1.82) is 0 Å². The van der Waals surface area contributed by atoms with Gasteiger partial charge in [0.2, 0.25) is 5.91 Å². The van der Waals surface area contributed by atoms with Gasteiger partial charge >= 0.3 is 0 Å². The lowest BCUT2D eigenvalue weighted by molar-refractivity contribution is -0.172. The van der Waals surface area contributed by atoms with Crippen molar-refractivity contribution in [3.05, 3.63) is 29.8 Å². The van der Waals surface area contributed by atoms with Gasteiger partial charge in [-0.3, -0.25) is 4.79 Å². The molecular weight excluding hydrogens is 324 g/mol. The Morgan fingerprint density at radius 3 is 2.50 bits per heavy atom. The molecule has 4 nitrogen and oxygen atoms in total. The Labute approximate surface area is 151 Å². The molecule has 0 aromatic heterocycles. The van der Waals surface area contributed by atoms with Crippen LogP contribution < -0.4 is 5.73 Å². The second-order valence-corrected chi connectivity index (χ2v) is 7.06. The lowest BCUT2D eigenvalue weighted by atomic mass is 9.60. The number of nitrogens with zero attached hydrogens (tertiary/aromatic N) is 1. The number of hydrogen-bond donors (Lipinski definition) is 1. The molecule has 0 heterocycles. The van der Waals surface area contributed by atoms with Crippen molar-refractivity contribution in [1.82, 2.24) is 4.90 Å². The molecule has 0 aliphatic heterocycles. The maximum absolute atomic E-state index is 12.7. The average Bonchev–Trinajstić information content (AvgIpc) is 3.05. The van der Waals surface area contributed by atoms with Gasteiger partial charge in [0.15, 0.2) is 0 Å². The number of ether oxygens (including phenoxy) is 1. The molecule has 0 saturated heterocycles. The van der Waals surface area contributed by atoms with Gasteiger partial charge in [0.1, 0.15) is 0 Å². The Hall–Kier alpha value is -1.26. The fraction of sp³-hybridized carbons (Fsp3) is 0.632. The molecule has 1 spiro atoms. The molecule has 2 saturated carbocycles. The number of nitrogen functional groups attached to an aromatic ring is 1. The van der Waals surface area contributed by atoms with Crippen molar-refractivity contribution in [2.75, 3.05) is 19.4 Å². The number of carbonyl (C=O) groups is 1. The molecule has 2 aliphatic rings. The number of rotatable bonds is 5. The molecule has 1 aromatic carbocycles. The van der Waals surface area contributed by atoms with Gasteiger partial charge < -0.3 is 15.4 Å². The fourth-order valence-corrected chi connectivity index (χ4v) is 4.50. The summed E-state index contributed by atoms with van der Waals surface area (Å²) in [6.07, 6.45) is 6.69. The van der Waals surface area contributed by atoms with Crippen LogP contribution in [0.15, 0.2) is 24.3 Å². The van der Waals surface area contributed by atoms with E-state index in [1.54, 1.807) is 0 Å². The number of benzene rings is 1. The van der Waals surface area contributed by atoms with E-state index in [0.29, 0.717) is 18.6 Å². The molecule has 2 N–H and O–H groups in total. The molecule has 2 aliphatic carbocycles. The number of amides is 1. The molecule has 2 atom stereocenters. The van der Waals surface area contributed by atoms with E-state index in [9.17, 15) is 4.79 Å². The zero-order chi connectivity index (χ0) is 16.4. The van der Waals surface area contributed by atoms with Crippen LogP contribution in [0.25, 0.3) is 0 Å². The van der Waals surface area contributed by atoms with Crippen molar-refractivity contribution in [3.63, 3.8) is 0 Å². The van der Waals surface area contributed by atoms with Gasteiger partial charge in [-0.05, 0) is 43.9 Å². The highest BCUT2D eigenvalue weighted by molar-refractivity contribution is 5.85. The van der Waals surface area contributed by atoms with Crippen LogP contribution in [-0.4, -0.2) is 36.6 Å². The first kappa shape index (κ1) is 19.1. The van der Waals surface area contributed by atoms with E-state index in [0.717, 1.165) is 24.3 Å². The van der Waals surface area contributed by atoms with Crippen LogP contribution in [0.5, 0.6) is 0 Å². The van der Waals surface area contributed by atoms with Crippen molar-refractivity contribution < 1.29 is 9.53 Å². The molecule has 1 amide bonds. The molecule has 2 unspecified atom stereocenters. The van der Waals surface area contributed by atoms with Gasteiger partial charge in [-0.2, -0.15) is 0 Å². The molecule has 24 heavy (non-hydrogen) atoms. The van der Waals surface area contributed by atoms with Crippen LogP contribution in [0.2, 0.25) is 0 Å². The van der Waals surface area contributed by atoms with Crippen LogP contribution in [-0.2, 0) is 16.0 Å². The SMILES string of the molecule is CCOC1CC(N(C)C(=O)Cc2ccc(N)cc2)C12CCCC2.Cl. The van der Waals surface area contributed by atoms with Crippen LogP contribution in [0.3, 0.4) is 0 Å². The number of likely N-dealkylation sites (N-methyl/N-ethyl adjacent to an activating group) is 1. The number of carbonyl (C=O) groups excluding carboxylic acids is 1. The maximum Gasteiger partial charge on any atom is 0.227 e. The van der Waals surface area contributed by atoms with E-state index in [1.807, 2.05) is 36.2 Å². The summed E-state index contributed by atoms with van der Waals surface area (Å²) in [5, 5.41) is 0. The van der Waals surface area contributed by atoms with Crippen LogP contribution >= 0.6 is 12.4 Å². The predicted molar refractivity (Wildman–Crippen MR) is 99.3 cm³/mol. The van der Waals surface area contributed by atoms with Gasteiger partial charge in [0, 0.05) is 30.8 Å². The molecule has 0 radical (unpaired) electrons. The zero-order valence-corrected chi connectivity index (χ0v) is 15.5. The Balaban J connectivity index is 0.00000208. The monoisotopic (exact) mass is 352 g/mol. The maximum atomic E-state index is 12.7. The number of nitrogens with two attached hydrogens (primary N) is 1. The van der Waals surface area contributed by atoms with E-state index >= 15 is 0 Å². The van der Waals surface area contributed by atoms with Crippen molar-refractivity contribution >= 4 is 24.0 Å². The van der Waals surface area contributed by atoms with E-state index in [2.05, 4.69) is 6.92 Å². The number of anilines is 1. The van der Waals surface area contributed by atoms with E-state index < -0.39 is 0 Å². The number of hydrogen-bond acceptors (Lipinski definition) is 3. The third kappa shape index (κ3) is 3.40. The lowest BCUT2D eigenvalue weighted by Crippen LogP contribution is -2.64. The molecule has 134 valence electrons. The van der Waals surface area contributed by atoms with Gasteiger partial charge in [-0.1, -0.05) is 25.0 Å². The topological polar surface area (TPSA) is 55.6 Å². The largest absolute Gasteiger partial charge is 0.399 e. The summed E-state index contributed by atoms with van der Waals surface area (Å²) in [7, 11) is 1.96.